The quantitative estimate of drug-likeness (QED) is 0.479. The molecule has 7 nitrogen and oxygen atoms in total. The molecule has 1 spiro atoms. The molecular formula is C24H22F2N4O3. The molecule has 2 aliphatic rings. The Kier molecular flexibility index (Phi) is 4.81. The zero-order chi connectivity index (χ0) is 23.4. The summed E-state index contributed by atoms with van der Waals surface area (Å²) >= 11 is 0. The Morgan fingerprint density at radius 2 is 1.70 bits per heavy atom. The molecule has 9 heteroatoms. The van der Waals surface area contributed by atoms with E-state index in [1.165, 1.54) is 0 Å². The Balaban J connectivity index is 1.33. The number of halogens is 2. The van der Waals surface area contributed by atoms with Crippen LogP contribution in [0.15, 0.2) is 48.5 Å². The van der Waals surface area contributed by atoms with Gasteiger partial charge in [-0.15, -0.1) is 0 Å². The second-order valence-electron chi connectivity index (χ2n) is 8.71. The number of nitrogens with one attached hydrogen (secondary N) is 1. The van der Waals surface area contributed by atoms with E-state index < -0.39 is 48.6 Å². The van der Waals surface area contributed by atoms with Gasteiger partial charge in [0.1, 0.15) is 11.4 Å². The molecule has 1 aliphatic carbocycles. The number of rotatable bonds is 4. The molecule has 0 bridgehead atoms. The minimum absolute atomic E-state index is 0.137. The smallest absolute Gasteiger partial charge is 0.323 e. The number of benzene rings is 2. The summed E-state index contributed by atoms with van der Waals surface area (Å²) in [5.74, 6) is -3.04. The van der Waals surface area contributed by atoms with Crippen LogP contribution in [0.2, 0.25) is 0 Å². The van der Waals surface area contributed by atoms with Gasteiger partial charge < -0.3 is 5.32 Å². The largest absolute Gasteiger partial charge is 0.325 e. The lowest BCUT2D eigenvalue weighted by Gasteiger charge is -2.34. The number of hydrogen-bond donors (Lipinski definition) is 1. The minimum atomic E-state index is -2.83. The van der Waals surface area contributed by atoms with Crippen molar-refractivity contribution in [1.29, 1.82) is 0 Å². The van der Waals surface area contributed by atoms with Gasteiger partial charge in [-0.25, -0.2) is 18.6 Å². The Hall–Kier alpha value is -3.62. The SMILES string of the molecule is Cc1nc2ccccc2n1-c1ccc(C(=O)CN2C(=O)NC3(CCC(F)(F)CC3)C2=O)cc1. The fourth-order valence-electron chi connectivity index (χ4n) is 4.70. The van der Waals surface area contributed by atoms with Crippen LogP contribution >= 0.6 is 0 Å². The number of carbonyl (C=O) groups is 3. The van der Waals surface area contributed by atoms with Crippen LogP contribution in [0.1, 0.15) is 41.9 Å². The maximum Gasteiger partial charge on any atom is 0.325 e. The van der Waals surface area contributed by atoms with Crippen LogP contribution in [0, 0.1) is 6.92 Å². The number of fused-ring (bicyclic) bond motifs is 1. The standard InChI is InChI=1S/C24H22F2N4O3/c1-15-27-18-4-2-3-5-19(18)30(15)17-8-6-16(7-9-17)20(31)14-29-21(32)23(28-22(29)33)10-12-24(25,26)13-11-23/h2-9H,10-14H2,1H3,(H,28,33). The van der Waals surface area contributed by atoms with Crippen LogP contribution in [-0.4, -0.2) is 50.2 Å². The summed E-state index contributed by atoms with van der Waals surface area (Å²) in [5.41, 5.74) is 1.65. The lowest BCUT2D eigenvalue weighted by molar-refractivity contribution is -0.135. The number of aromatic nitrogens is 2. The first-order valence-corrected chi connectivity index (χ1v) is 10.8. The first kappa shape index (κ1) is 21.2. The number of alkyl halides is 2. The van der Waals surface area contributed by atoms with Gasteiger partial charge in [-0.3, -0.25) is 19.1 Å². The molecule has 170 valence electrons. The highest BCUT2D eigenvalue weighted by atomic mass is 19.3. The van der Waals surface area contributed by atoms with Crippen LogP contribution < -0.4 is 5.32 Å². The Bertz CT molecular complexity index is 1270. The summed E-state index contributed by atoms with van der Waals surface area (Å²) in [7, 11) is 0. The molecule has 2 aromatic carbocycles. The average Bonchev–Trinajstić information content (AvgIpc) is 3.24. The van der Waals surface area contributed by atoms with Crippen molar-refractivity contribution >= 4 is 28.8 Å². The fourth-order valence-corrected chi connectivity index (χ4v) is 4.70. The summed E-state index contributed by atoms with van der Waals surface area (Å²) in [5, 5.41) is 2.56. The number of hydrogen-bond acceptors (Lipinski definition) is 4. The van der Waals surface area contributed by atoms with Crippen LogP contribution in [0.5, 0.6) is 0 Å². The van der Waals surface area contributed by atoms with Crippen molar-refractivity contribution in [3.8, 4) is 5.69 Å². The highest BCUT2D eigenvalue weighted by Crippen LogP contribution is 2.41. The maximum atomic E-state index is 13.5. The van der Waals surface area contributed by atoms with Crippen molar-refractivity contribution < 1.29 is 23.2 Å². The van der Waals surface area contributed by atoms with E-state index in [9.17, 15) is 23.2 Å². The fraction of sp³-hybridized carbons (Fsp3) is 0.333. The van der Waals surface area contributed by atoms with Gasteiger partial charge in [0, 0.05) is 24.1 Å². The van der Waals surface area contributed by atoms with E-state index in [4.69, 9.17) is 0 Å². The third-order valence-corrected chi connectivity index (χ3v) is 6.56. The summed E-state index contributed by atoms with van der Waals surface area (Å²) in [6.45, 7) is 1.46. The molecule has 33 heavy (non-hydrogen) atoms. The highest BCUT2D eigenvalue weighted by Gasteiger charge is 2.55. The number of imide groups is 1. The molecule has 0 unspecified atom stereocenters. The van der Waals surface area contributed by atoms with Gasteiger partial charge in [0.05, 0.1) is 17.6 Å². The van der Waals surface area contributed by atoms with Crippen LogP contribution in [-0.2, 0) is 4.79 Å². The Morgan fingerprint density at radius 3 is 2.39 bits per heavy atom. The first-order chi connectivity index (χ1) is 15.7. The zero-order valence-electron chi connectivity index (χ0n) is 18.0. The predicted octanol–water partition coefficient (Wildman–Crippen LogP) is 4.02. The number of ketones is 1. The molecular weight excluding hydrogens is 430 g/mol. The van der Waals surface area contributed by atoms with E-state index in [-0.39, 0.29) is 12.8 Å². The van der Waals surface area contributed by atoms with Gasteiger partial charge in [-0.05, 0) is 56.2 Å². The molecule has 1 N–H and O–H groups in total. The summed E-state index contributed by atoms with van der Waals surface area (Å²) in [4.78, 5) is 43.5. The molecule has 5 rings (SSSR count). The highest BCUT2D eigenvalue weighted by molar-refractivity contribution is 6.11. The first-order valence-electron chi connectivity index (χ1n) is 10.8. The van der Waals surface area contributed by atoms with Gasteiger partial charge in [0.2, 0.25) is 5.92 Å². The molecule has 0 radical (unpaired) electrons. The van der Waals surface area contributed by atoms with Crippen LogP contribution in [0.25, 0.3) is 16.7 Å². The van der Waals surface area contributed by atoms with Crippen LogP contribution in [0.4, 0.5) is 13.6 Å². The zero-order valence-corrected chi connectivity index (χ0v) is 18.0. The number of carbonyl (C=O) groups excluding carboxylic acids is 3. The molecule has 3 amide bonds. The molecule has 1 saturated heterocycles. The maximum absolute atomic E-state index is 13.5. The predicted molar refractivity (Wildman–Crippen MR) is 117 cm³/mol. The van der Waals surface area contributed by atoms with Crippen molar-refractivity contribution in [3.63, 3.8) is 0 Å². The van der Waals surface area contributed by atoms with Crippen molar-refractivity contribution in [1.82, 2.24) is 19.8 Å². The number of nitrogens with zero attached hydrogens (tertiary/aromatic N) is 3. The van der Waals surface area contributed by atoms with Gasteiger partial charge in [0.15, 0.2) is 5.78 Å². The molecule has 1 saturated carbocycles. The van der Waals surface area contributed by atoms with Crippen molar-refractivity contribution in [3.05, 3.63) is 59.9 Å². The molecule has 2 fully saturated rings. The summed E-state index contributed by atoms with van der Waals surface area (Å²) in [6.07, 6.45) is -1.21. The van der Waals surface area contributed by atoms with Crippen molar-refractivity contribution in [2.24, 2.45) is 0 Å². The normalized spacial score (nSPS) is 19.3. The third kappa shape index (κ3) is 3.57. The monoisotopic (exact) mass is 452 g/mol. The van der Waals surface area contributed by atoms with Crippen LogP contribution in [0.3, 0.4) is 0 Å². The minimum Gasteiger partial charge on any atom is -0.323 e. The van der Waals surface area contributed by atoms with Crippen molar-refractivity contribution in [2.45, 2.75) is 44.1 Å². The number of para-hydroxylation sites is 2. The second-order valence-corrected chi connectivity index (χ2v) is 8.71. The van der Waals surface area contributed by atoms with E-state index in [0.29, 0.717) is 5.56 Å². The number of Topliss-reactive ketones (excluding diaryl/α,β-unsaturated/α-hetero) is 1. The van der Waals surface area contributed by atoms with Gasteiger partial charge >= 0.3 is 6.03 Å². The van der Waals surface area contributed by atoms with E-state index >= 15 is 0 Å². The van der Waals surface area contributed by atoms with E-state index in [1.807, 2.05) is 35.8 Å². The number of urea groups is 1. The summed E-state index contributed by atoms with van der Waals surface area (Å²) < 4.78 is 29.1. The molecule has 3 aromatic rings. The van der Waals surface area contributed by atoms with E-state index in [0.717, 1.165) is 27.4 Å². The number of aryl methyl sites for hydroxylation is 1. The molecule has 2 heterocycles. The number of imidazole rings is 1. The van der Waals surface area contributed by atoms with Gasteiger partial charge in [0.25, 0.3) is 5.91 Å². The second kappa shape index (κ2) is 7.47. The average molecular weight is 452 g/mol. The van der Waals surface area contributed by atoms with Crippen molar-refractivity contribution in [2.75, 3.05) is 6.54 Å². The van der Waals surface area contributed by atoms with E-state index in [2.05, 4.69) is 10.3 Å². The lowest BCUT2D eigenvalue weighted by Crippen LogP contribution is -2.51. The van der Waals surface area contributed by atoms with Gasteiger partial charge in [-0.2, -0.15) is 0 Å². The van der Waals surface area contributed by atoms with E-state index in [1.54, 1.807) is 24.3 Å². The number of amides is 3. The molecule has 0 atom stereocenters. The Morgan fingerprint density at radius 1 is 1.03 bits per heavy atom. The Labute approximate surface area is 188 Å². The summed E-state index contributed by atoms with van der Waals surface area (Å²) in [6, 6.07) is 13.9. The lowest BCUT2D eigenvalue weighted by atomic mass is 9.80. The third-order valence-electron chi connectivity index (χ3n) is 6.56. The topological polar surface area (TPSA) is 84.3 Å². The molecule has 1 aliphatic heterocycles. The van der Waals surface area contributed by atoms with Gasteiger partial charge in [-0.1, -0.05) is 12.1 Å². The molecule has 1 aromatic heterocycles.